The molecule has 0 atom stereocenters. The van der Waals surface area contributed by atoms with Crippen LogP contribution in [0.1, 0.15) is 21.6 Å². The molecule has 0 saturated carbocycles. The lowest BCUT2D eigenvalue weighted by molar-refractivity contribution is 0.0948. The van der Waals surface area contributed by atoms with Crippen molar-refractivity contribution in [2.24, 2.45) is 0 Å². The number of benzene rings is 1. The van der Waals surface area contributed by atoms with Crippen molar-refractivity contribution >= 4 is 16.9 Å². The topological polar surface area (TPSA) is 94.2 Å². The predicted molar refractivity (Wildman–Crippen MR) is 92.8 cm³/mol. The minimum absolute atomic E-state index is 0.0655. The van der Waals surface area contributed by atoms with Crippen LogP contribution in [0.4, 0.5) is 0 Å². The zero-order valence-corrected chi connectivity index (χ0v) is 13.9. The third kappa shape index (κ3) is 3.35. The molecule has 1 amide bonds. The van der Waals surface area contributed by atoms with Crippen molar-refractivity contribution < 1.29 is 9.21 Å². The molecule has 0 aliphatic rings. The van der Waals surface area contributed by atoms with E-state index in [1.807, 2.05) is 0 Å². The van der Waals surface area contributed by atoms with Gasteiger partial charge in [-0.2, -0.15) is 0 Å². The monoisotopic (exact) mass is 339 g/mol. The van der Waals surface area contributed by atoms with Crippen LogP contribution in [0.5, 0.6) is 0 Å². The van der Waals surface area contributed by atoms with Crippen LogP contribution in [0.2, 0.25) is 0 Å². The molecule has 7 nitrogen and oxygen atoms in total. The minimum Gasteiger partial charge on any atom is -0.422 e. The van der Waals surface area contributed by atoms with E-state index in [0.717, 1.165) is 0 Å². The predicted octanol–water partition coefficient (Wildman–Crippen LogP) is 1.40. The normalized spacial score (nSPS) is 10.8. The Morgan fingerprint density at radius 2 is 2.00 bits per heavy atom. The number of carbonyl (C=O) groups excluding carboxylic acids is 1. The highest BCUT2D eigenvalue weighted by Crippen LogP contribution is 2.12. The van der Waals surface area contributed by atoms with E-state index < -0.39 is 11.5 Å². The van der Waals surface area contributed by atoms with Gasteiger partial charge in [-0.25, -0.2) is 9.78 Å². The molecule has 0 aliphatic carbocycles. The van der Waals surface area contributed by atoms with E-state index in [9.17, 15) is 14.4 Å². The van der Waals surface area contributed by atoms with E-state index >= 15 is 0 Å². The third-order valence-electron chi connectivity index (χ3n) is 4.04. The van der Waals surface area contributed by atoms with Gasteiger partial charge < -0.3 is 9.73 Å². The zero-order valence-electron chi connectivity index (χ0n) is 13.9. The van der Waals surface area contributed by atoms with Gasteiger partial charge in [0.05, 0.1) is 6.33 Å². The summed E-state index contributed by atoms with van der Waals surface area (Å²) in [7, 11) is 0. The molecule has 2 aromatic heterocycles. The fourth-order valence-electron chi connectivity index (χ4n) is 2.44. The van der Waals surface area contributed by atoms with Crippen LogP contribution in [0.3, 0.4) is 0 Å². The van der Waals surface area contributed by atoms with E-state index in [1.54, 1.807) is 38.1 Å². The van der Waals surface area contributed by atoms with Gasteiger partial charge in [0.25, 0.3) is 11.5 Å². The molecule has 0 fully saturated rings. The Labute approximate surface area is 142 Å². The van der Waals surface area contributed by atoms with Crippen LogP contribution in [-0.2, 0) is 6.54 Å². The van der Waals surface area contributed by atoms with Gasteiger partial charge in [0.1, 0.15) is 11.1 Å². The molecule has 0 bridgehead atoms. The number of hydrogen-bond acceptors (Lipinski definition) is 5. The van der Waals surface area contributed by atoms with Crippen molar-refractivity contribution in [2.45, 2.75) is 20.4 Å². The Kier molecular flexibility index (Phi) is 4.47. The molecule has 2 heterocycles. The largest absolute Gasteiger partial charge is 0.422 e. The van der Waals surface area contributed by atoms with Crippen molar-refractivity contribution in [3.05, 3.63) is 74.3 Å². The lowest BCUT2D eigenvalue weighted by atomic mass is 10.2. The number of nitrogens with one attached hydrogen (secondary N) is 1. The van der Waals surface area contributed by atoms with Crippen LogP contribution < -0.4 is 16.5 Å². The number of nitrogens with zero attached hydrogens (tertiary/aromatic N) is 2. The molecule has 25 heavy (non-hydrogen) atoms. The first-order chi connectivity index (χ1) is 12.0. The summed E-state index contributed by atoms with van der Waals surface area (Å²) in [6.07, 6.45) is 1.45. The van der Waals surface area contributed by atoms with Crippen molar-refractivity contribution in [1.29, 1.82) is 0 Å². The van der Waals surface area contributed by atoms with Gasteiger partial charge in [0.2, 0.25) is 0 Å². The minimum atomic E-state index is -0.693. The summed E-state index contributed by atoms with van der Waals surface area (Å²) in [4.78, 5) is 40.4. The number of aryl methyl sites for hydroxylation is 1. The van der Waals surface area contributed by atoms with Gasteiger partial charge in [-0.15, -0.1) is 0 Å². The number of hydrogen-bond donors (Lipinski definition) is 1. The third-order valence-corrected chi connectivity index (χ3v) is 4.04. The average Bonchev–Trinajstić information content (AvgIpc) is 2.61. The Balaban J connectivity index is 1.73. The Bertz CT molecular complexity index is 1070. The van der Waals surface area contributed by atoms with Gasteiger partial charge in [0, 0.05) is 29.7 Å². The first kappa shape index (κ1) is 16.6. The quantitative estimate of drug-likeness (QED) is 0.725. The molecule has 0 radical (unpaired) electrons. The van der Waals surface area contributed by atoms with E-state index in [4.69, 9.17) is 4.42 Å². The maximum Gasteiger partial charge on any atom is 0.349 e. The second kappa shape index (κ2) is 6.72. The highest BCUT2D eigenvalue weighted by atomic mass is 16.4. The van der Waals surface area contributed by atoms with Crippen molar-refractivity contribution in [3.8, 4) is 0 Å². The van der Waals surface area contributed by atoms with E-state index in [0.29, 0.717) is 22.2 Å². The summed E-state index contributed by atoms with van der Waals surface area (Å²) < 4.78 is 6.57. The summed E-state index contributed by atoms with van der Waals surface area (Å²) in [5, 5.41) is 3.30. The van der Waals surface area contributed by atoms with Crippen LogP contribution >= 0.6 is 0 Å². The fourth-order valence-corrected chi connectivity index (χ4v) is 2.44. The summed E-state index contributed by atoms with van der Waals surface area (Å²) in [5.41, 5.74) is 0.775. The van der Waals surface area contributed by atoms with Crippen LogP contribution in [0, 0.1) is 13.8 Å². The maximum atomic E-state index is 12.2. The zero-order chi connectivity index (χ0) is 18.0. The van der Waals surface area contributed by atoms with Gasteiger partial charge >= 0.3 is 5.63 Å². The van der Waals surface area contributed by atoms with Crippen molar-refractivity contribution in [3.63, 3.8) is 0 Å². The summed E-state index contributed by atoms with van der Waals surface area (Å²) in [6, 6.07) is 8.47. The smallest absolute Gasteiger partial charge is 0.349 e. The van der Waals surface area contributed by atoms with E-state index in [2.05, 4.69) is 10.3 Å². The molecule has 3 rings (SSSR count). The molecule has 0 saturated heterocycles. The molecule has 1 aromatic carbocycles. The van der Waals surface area contributed by atoms with Crippen LogP contribution in [0.25, 0.3) is 11.0 Å². The van der Waals surface area contributed by atoms with Crippen LogP contribution in [0.15, 0.2) is 50.7 Å². The molecule has 7 heteroatoms. The molecular formula is C18H17N3O4. The number of amides is 1. The molecule has 0 aliphatic heterocycles. The van der Waals surface area contributed by atoms with Crippen molar-refractivity contribution in [2.75, 3.05) is 6.54 Å². The maximum absolute atomic E-state index is 12.2. The highest BCUT2D eigenvalue weighted by molar-refractivity contribution is 5.96. The standard InChI is InChI=1S/C18H17N3O4/c1-11-12(2)20-10-21(17(11)23)8-7-19-16(22)14-9-13-5-3-4-6-15(13)25-18(14)24/h3-6,9-10H,7-8H2,1-2H3,(H,19,22). The van der Waals surface area contributed by atoms with Crippen molar-refractivity contribution in [1.82, 2.24) is 14.9 Å². The summed E-state index contributed by atoms with van der Waals surface area (Å²) in [6.45, 7) is 3.93. The first-order valence-electron chi connectivity index (χ1n) is 7.81. The Hall–Kier alpha value is -3.22. The molecule has 0 unspecified atom stereocenters. The number of carbonyl (C=O) groups is 1. The first-order valence-corrected chi connectivity index (χ1v) is 7.81. The van der Waals surface area contributed by atoms with Gasteiger partial charge in [-0.3, -0.25) is 14.2 Å². The highest BCUT2D eigenvalue weighted by Gasteiger charge is 2.13. The molecule has 3 aromatic rings. The van der Waals surface area contributed by atoms with Gasteiger partial charge in [-0.1, -0.05) is 18.2 Å². The van der Waals surface area contributed by atoms with Gasteiger partial charge in [0.15, 0.2) is 0 Å². The molecule has 1 N–H and O–H groups in total. The lowest BCUT2D eigenvalue weighted by Crippen LogP contribution is -2.33. The van der Waals surface area contributed by atoms with Gasteiger partial charge in [-0.05, 0) is 26.0 Å². The summed E-state index contributed by atoms with van der Waals surface area (Å²) >= 11 is 0. The second-order valence-electron chi connectivity index (χ2n) is 5.69. The number of rotatable bonds is 4. The molecule has 128 valence electrons. The number of aromatic nitrogens is 2. The fraction of sp³-hybridized carbons (Fsp3) is 0.222. The molecule has 0 spiro atoms. The number of para-hydroxylation sites is 1. The summed E-state index contributed by atoms with van der Waals surface area (Å²) in [5.74, 6) is -0.538. The Morgan fingerprint density at radius 3 is 2.80 bits per heavy atom. The molecular weight excluding hydrogens is 322 g/mol. The Morgan fingerprint density at radius 1 is 1.24 bits per heavy atom. The van der Waals surface area contributed by atoms with Crippen LogP contribution in [-0.4, -0.2) is 22.0 Å². The second-order valence-corrected chi connectivity index (χ2v) is 5.69. The lowest BCUT2D eigenvalue weighted by Gasteiger charge is -2.09. The SMILES string of the molecule is Cc1ncn(CCNC(=O)c2cc3ccccc3oc2=O)c(=O)c1C. The number of fused-ring (bicyclic) bond motifs is 1. The van der Waals surface area contributed by atoms with E-state index in [1.165, 1.54) is 17.0 Å². The van der Waals surface area contributed by atoms with E-state index in [-0.39, 0.29) is 24.2 Å². The average molecular weight is 339 g/mol.